The van der Waals surface area contributed by atoms with E-state index in [1.54, 1.807) is 13.8 Å². The number of rotatable bonds is 10. The van der Waals surface area contributed by atoms with Crippen LogP contribution in [0.3, 0.4) is 0 Å². The monoisotopic (exact) mass is 1040 g/mol. The number of carbonyl (C=O) groups is 4. The van der Waals surface area contributed by atoms with Crippen LogP contribution in [0, 0.1) is 37.9 Å². The fourth-order valence-electron chi connectivity index (χ4n) is 3.05. The molecular formula is C46H108K2N10O8S. The normalized spacial score (nSPS) is 10.7. The molecule has 1 atom stereocenters. The Morgan fingerprint density at radius 1 is 0.597 bits per heavy atom. The number of nitrogens with two attached hydrogens (primary N) is 6. The Hall–Kier alpha value is 0.0427. The summed E-state index contributed by atoms with van der Waals surface area (Å²) >= 11 is -2.26. The van der Waals surface area contributed by atoms with Crippen molar-refractivity contribution >= 4 is 46.3 Å². The molecule has 0 aromatic heterocycles. The van der Waals surface area contributed by atoms with E-state index in [0.29, 0.717) is 32.5 Å². The standard InChI is InChI=1S/2C8H17NO.C7H17N3.3C6H15N.C3H6O.CH4N2O2S.CH2O3.2K.H/c2*1-7(10)9-6-5-8(2,3)4;1-7(2,3)4-5-10-6(8)9;3*1-6(2,3)4-5-7;1-3(2)4;2-1(3)6(4)5;2-1-4-3;;;/h2*5-6H2,1-4H3,(H,9,10);4-5H2,1-3H3,(H4,8,9,10);3*4-5,7H2,1-3H3;1-2H3;(H3,2,3)(H,4,5);1,3H;;;/q;;;;;;;;;2*+1;-1/p-1. The molecule has 0 heterocycles. The van der Waals surface area contributed by atoms with E-state index < -0.39 is 16.2 Å². The zero-order valence-electron chi connectivity index (χ0n) is 48.7. The molecule has 0 bridgehead atoms. The zero-order valence-corrected chi connectivity index (χ0v) is 54.7. The Labute approximate surface area is 500 Å². The van der Waals surface area contributed by atoms with Crippen molar-refractivity contribution < 1.29 is 142 Å². The molecule has 0 saturated carbocycles. The number of hydrogen-bond donors (Lipinski definition) is 10. The van der Waals surface area contributed by atoms with Gasteiger partial charge in [0.15, 0.2) is 5.96 Å². The number of aliphatic imine (C=N–C) groups is 1. The number of amidine groups is 1. The molecule has 1 unspecified atom stereocenters. The molecule has 0 fully saturated rings. The average molecular weight is 1040 g/mol. The first-order chi connectivity index (χ1) is 28.7. The van der Waals surface area contributed by atoms with Crippen molar-refractivity contribution in [3.8, 4) is 0 Å². The fourth-order valence-corrected chi connectivity index (χ4v) is 3.05. The number of guanidine groups is 1. The number of Topliss-reactive ketones (excluding diaryl/α,β-unsaturated/α-hetero) is 1. The molecule has 67 heavy (non-hydrogen) atoms. The SMILES string of the molecule is CC(=O)NCCC(C)(C)C.CC(=O)NCCC(C)(C)C.CC(C)(C)CCN.CC(C)(C)CCN.CC(C)(C)CCN.CC(C)(C)CCN=C(N)N.CC(C)=O.N=C(N)S(=O)O.O=CO[O-].[H-].[K+].[K+]. The summed E-state index contributed by atoms with van der Waals surface area (Å²) in [6.45, 7) is 49.9. The first kappa shape index (κ1) is 93.1. The second-order valence-electron chi connectivity index (χ2n) is 22.2. The van der Waals surface area contributed by atoms with Gasteiger partial charge in [-0.1, -0.05) is 125 Å². The van der Waals surface area contributed by atoms with E-state index >= 15 is 0 Å². The van der Waals surface area contributed by atoms with Crippen molar-refractivity contribution in [1.29, 1.82) is 5.41 Å². The molecule has 0 spiro atoms. The van der Waals surface area contributed by atoms with E-state index in [4.69, 9.17) is 48.7 Å². The Balaban J connectivity index is -0.0000000524. The van der Waals surface area contributed by atoms with Gasteiger partial charge in [-0.25, -0.2) is 4.21 Å². The van der Waals surface area contributed by atoms with Gasteiger partial charge in [0.1, 0.15) is 5.78 Å². The van der Waals surface area contributed by atoms with E-state index in [9.17, 15) is 18.6 Å². The van der Waals surface area contributed by atoms with Gasteiger partial charge in [-0.05, 0) is 104 Å². The Kier molecular flexibility index (Phi) is 76.9. The second-order valence-corrected chi connectivity index (χ2v) is 23.2. The molecule has 16 N–H and O–H groups in total. The summed E-state index contributed by atoms with van der Waals surface area (Å²) in [6.07, 6.45) is 6.44. The van der Waals surface area contributed by atoms with E-state index in [1.807, 2.05) is 0 Å². The van der Waals surface area contributed by atoms with Gasteiger partial charge in [-0.3, -0.25) is 29.3 Å². The summed E-state index contributed by atoms with van der Waals surface area (Å²) in [5.41, 5.74) is 32.9. The average Bonchev–Trinajstić information content (AvgIpc) is 3.02. The van der Waals surface area contributed by atoms with Gasteiger partial charge in [-0.15, -0.1) is 0 Å². The van der Waals surface area contributed by atoms with Crippen LogP contribution < -0.4 is 153 Å². The van der Waals surface area contributed by atoms with Crippen LogP contribution in [0.2, 0.25) is 0 Å². The molecule has 18 nitrogen and oxygen atoms in total. The Morgan fingerprint density at radius 2 is 0.791 bits per heavy atom. The van der Waals surface area contributed by atoms with Crippen LogP contribution in [0.15, 0.2) is 4.99 Å². The minimum absolute atomic E-state index is 0. The maximum absolute atomic E-state index is 10.4. The minimum atomic E-state index is -2.26. The number of nitrogens with one attached hydrogen (secondary N) is 3. The van der Waals surface area contributed by atoms with Crippen molar-refractivity contribution in [1.82, 2.24) is 10.6 Å². The summed E-state index contributed by atoms with van der Waals surface area (Å²) in [5.74, 6) is 0.470. The maximum atomic E-state index is 10.4. The molecule has 398 valence electrons. The summed E-state index contributed by atoms with van der Waals surface area (Å²) in [7, 11) is 0. The fraction of sp³-hybridized carbons (Fsp3) is 0.870. The van der Waals surface area contributed by atoms with Crippen molar-refractivity contribution in [2.75, 3.05) is 39.3 Å². The van der Waals surface area contributed by atoms with Gasteiger partial charge in [0.2, 0.25) is 28.1 Å². The third-order valence-electron chi connectivity index (χ3n) is 6.56. The van der Waals surface area contributed by atoms with Gasteiger partial charge in [0.25, 0.3) is 6.47 Å². The van der Waals surface area contributed by atoms with Gasteiger partial charge < -0.3 is 61.4 Å². The van der Waals surface area contributed by atoms with Crippen LogP contribution in [0.5, 0.6) is 0 Å². The van der Waals surface area contributed by atoms with E-state index in [1.165, 1.54) is 13.8 Å². The zero-order chi connectivity index (χ0) is 54.5. The predicted molar refractivity (Wildman–Crippen MR) is 277 cm³/mol. The van der Waals surface area contributed by atoms with Crippen LogP contribution in [0.4, 0.5) is 0 Å². The molecule has 2 amide bonds. The van der Waals surface area contributed by atoms with Crippen molar-refractivity contribution in [3.05, 3.63) is 0 Å². The number of ketones is 1. The summed E-state index contributed by atoms with van der Waals surface area (Å²) < 4.78 is 17.2. The summed E-state index contributed by atoms with van der Waals surface area (Å²) in [5, 5.41) is 19.4. The molecular weight excluding hydrogens is 931 g/mol. The molecule has 0 aliphatic carbocycles. The third kappa shape index (κ3) is 187. The van der Waals surface area contributed by atoms with E-state index in [2.05, 4.69) is 151 Å². The van der Waals surface area contributed by atoms with Crippen LogP contribution in [-0.2, 0) is 35.1 Å². The number of carbonyl (C=O) groups excluding carboxylic acids is 4. The first-order valence-electron chi connectivity index (χ1n) is 22.0. The van der Waals surface area contributed by atoms with Crippen LogP contribution in [0.1, 0.15) is 192 Å². The summed E-state index contributed by atoms with van der Waals surface area (Å²) in [6, 6.07) is 0. The predicted octanol–water partition coefficient (Wildman–Crippen LogP) is 0.209. The molecule has 0 rings (SSSR count). The number of hydrogen-bond acceptors (Lipinski definition) is 12. The molecule has 0 aromatic rings. The smallest absolute Gasteiger partial charge is 1.00 e. The largest absolute Gasteiger partial charge is 1.00 e. The maximum Gasteiger partial charge on any atom is 1.00 e. The quantitative estimate of drug-likeness (QED) is 0.0266. The molecule has 0 radical (unpaired) electrons. The van der Waals surface area contributed by atoms with Crippen LogP contribution in [0.25, 0.3) is 0 Å². The second kappa shape index (κ2) is 55.4. The molecule has 0 aliphatic rings. The molecule has 0 aromatic carbocycles. The Morgan fingerprint density at radius 3 is 0.881 bits per heavy atom. The molecule has 0 aliphatic heterocycles. The number of nitrogens with zero attached hydrogens (tertiary/aromatic N) is 1. The summed E-state index contributed by atoms with van der Waals surface area (Å²) in [4.78, 5) is 45.4. The van der Waals surface area contributed by atoms with Gasteiger partial charge >= 0.3 is 103 Å². The first-order valence-corrected chi connectivity index (χ1v) is 23.1. The third-order valence-corrected chi connectivity index (χ3v) is 6.94. The van der Waals surface area contributed by atoms with Crippen LogP contribution in [-0.4, -0.2) is 83.2 Å². The molecule has 0 saturated heterocycles. The van der Waals surface area contributed by atoms with Gasteiger partial charge in [0, 0.05) is 33.5 Å². The van der Waals surface area contributed by atoms with Gasteiger partial charge in [-0.2, -0.15) is 0 Å². The van der Waals surface area contributed by atoms with Crippen molar-refractivity contribution in [2.45, 2.75) is 191 Å². The number of amides is 2. The van der Waals surface area contributed by atoms with Crippen LogP contribution >= 0.6 is 0 Å². The topological polar surface area (TPSA) is 354 Å². The van der Waals surface area contributed by atoms with Gasteiger partial charge in [0.05, 0.1) is 0 Å². The van der Waals surface area contributed by atoms with Crippen molar-refractivity contribution in [3.63, 3.8) is 0 Å². The Bertz CT molecular complexity index is 1130. The molecule has 21 heteroatoms. The van der Waals surface area contributed by atoms with E-state index in [-0.39, 0.29) is 134 Å². The minimum Gasteiger partial charge on any atom is -1.00 e. The van der Waals surface area contributed by atoms with Crippen molar-refractivity contribution in [2.24, 2.45) is 71.9 Å². The van der Waals surface area contributed by atoms with E-state index in [0.717, 1.165) is 77.8 Å².